The number of nitrogens with zero attached hydrogens (tertiary/aromatic N) is 3. The number of nitrogen functional groups attached to an aromatic ring is 2. The zero-order valence-electron chi connectivity index (χ0n) is 25.9. The molecule has 0 spiro atoms. The summed E-state index contributed by atoms with van der Waals surface area (Å²) in [5.41, 5.74) is 19.3. The van der Waals surface area contributed by atoms with Crippen LogP contribution in [0.15, 0.2) is 12.1 Å². The molecule has 0 aliphatic heterocycles. The fraction of sp³-hybridized carbons (Fsp3) is 0.515. The average Bonchev–Trinajstić information content (AvgIpc) is 3.80. The number of carbonyl (C=O) groups is 2. The van der Waals surface area contributed by atoms with E-state index in [1.54, 1.807) is 6.07 Å². The molecular weight excluding hydrogens is 659 g/mol. The number of halogens is 2. The van der Waals surface area contributed by atoms with Crippen molar-refractivity contribution in [3.8, 4) is 0 Å². The van der Waals surface area contributed by atoms with Crippen LogP contribution in [0.3, 0.4) is 0 Å². The van der Waals surface area contributed by atoms with Gasteiger partial charge in [0, 0.05) is 41.1 Å². The molecule has 0 fully saturated rings. The minimum Gasteiger partial charge on any atom is -0.481 e. The van der Waals surface area contributed by atoms with Crippen molar-refractivity contribution in [2.45, 2.75) is 109 Å². The number of carboxylic acids is 1. The number of aryl methyl sites for hydroxylation is 4. The Kier molecular flexibility index (Phi) is 10.9. The second-order valence-electron chi connectivity index (χ2n) is 12.7. The number of carboxylic acid groups (broad SMARTS) is 1. The quantitative estimate of drug-likeness (QED) is 0.145. The minimum absolute atomic E-state index is 0. The van der Waals surface area contributed by atoms with E-state index in [0.29, 0.717) is 47.6 Å². The summed E-state index contributed by atoms with van der Waals surface area (Å²) in [6.07, 6.45) is 8.64. The third-order valence-electron chi connectivity index (χ3n) is 9.61. The Morgan fingerprint density at radius 1 is 0.812 bits per heavy atom. The van der Waals surface area contributed by atoms with Crippen molar-refractivity contribution in [3.05, 3.63) is 67.5 Å². The van der Waals surface area contributed by atoms with Gasteiger partial charge < -0.3 is 36.8 Å². The van der Waals surface area contributed by atoms with Crippen molar-refractivity contribution in [1.82, 2.24) is 29.9 Å². The van der Waals surface area contributed by atoms with Gasteiger partial charge in [-0.25, -0.2) is 0 Å². The summed E-state index contributed by atoms with van der Waals surface area (Å²) < 4.78 is 1.34. The van der Waals surface area contributed by atoms with E-state index < -0.39 is 12.1 Å². The summed E-state index contributed by atoms with van der Waals surface area (Å²) in [5, 5.41) is 40.3. The van der Waals surface area contributed by atoms with Crippen LogP contribution in [0.1, 0.15) is 108 Å². The Morgan fingerprint density at radius 2 is 1.38 bits per heavy atom. The van der Waals surface area contributed by atoms with Gasteiger partial charge in [0.05, 0.1) is 29.7 Å². The molecule has 2 unspecified atom stereocenters. The van der Waals surface area contributed by atoms with Crippen LogP contribution in [-0.4, -0.2) is 69.3 Å². The van der Waals surface area contributed by atoms with Crippen molar-refractivity contribution in [1.29, 1.82) is 0 Å². The van der Waals surface area contributed by atoms with Gasteiger partial charge >= 0.3 is 5.97 Å². The van der Waals surface area contributed by atoms with Crippen molar-refractivity contribution >= 4 is 46.7 Å². The van der Waals surface area contributed by atoms with Crippen LogP contribution in [0.5, 0.6) is 0 Å². The number of aromatic nitrogens is 6. The van der Waals surface area contributed by atoms with E-state index in [2.05, 4.69) is 25.3 Å². The largest absolute Gasteiger partial charge is 0.481 e. The fourth-order valence-corrected chi connectivity index (χ4v) is 7.63. The number of hydrogen-bond donors (Lipinski definition) is 8. The first kappa shape index (κ1) is 35.5. The summed E-state index contributed by atoms with van der Waals surface area (Å²) >= 11 is 11.8. The number of H-pyrrole nitrogens is 3. The highest BCUT2D eigenvalue weighted by molar-refractivity contribution is 6.30. The Balaban J connectivity index is 0.000000153. The first-order valence-electron chi connectivity index (χ1n) is 16.1. The number of carbonyl (C=O) groups excluding carboxylic acids is 1. The lowest BCUT2D eigenvalue weighted by Gasteiger charge is -2.21. The van der Waals surface area contributed by atoms with Gasteiger partial charge in [0.2, 0.25) is 0 Å². The Bertz CT molecular complexity index is 1770. The van der Waals surface area contributed by atoms with Crippen molar-refractivity contribution in [3.63, 3.8) is 0 Å². The van der Waals surface area contributed by atoms with Crippen LogP contribution in [0.2, 0.25) is 10.3 Å². The standard InChI is InChI=1S/C16H19ClN4O2.C9H10ClNO2.C7H11N3O.CH4/c17-14-7-10-9(2-1-3-12(10)19-14)16(23)21-15(18)11-6-8(22)4-5-13(11)20-21;10-8-4-6-5(9(12)13)2-1-3-7(6)11-8;8-7-5-3-4(11)1-2-6(5)9-10-7;/h7-9,19,22H,1-6,18H2;4-5,11H,1-3H2,(H,12,13);4,11H,1-3H2,(H3,8,9,10);1H4/t8-,9?;;4-;/m0.0./s1. The Morgan fingerprint density at radius 3 is 2.00 bits per heavy atom. The zero-order chi connectivity index (χ0) is 33.4. The highest BCUT2D eigenvalue weighted by Gasteiger charge is 2.33. The number of fused-ring (bicyclic) bond motifs is 4. The maximum Gasteiger partial charge on any atom is 0.311 e. The number of nitrogens with two attached hydrogens (primary N) is 2. The van der Waals surface area contributed by atoms with Gasteiger partial charge in [-0.15, -0.1) is 0 Å². The van der Waals surface area contributed by atoms with Crippen LogP contribution in [-0.2, 0) is 43.3 Å². The van der Waals surface area contributed by atoms with Crippen LogP contribution in [0, 0.1) is 0 Å². The zero-order valence-corrected chi connectivity index (χ0v) is 27.4. The molecule has 4 aliphatic rings. The fourth-order valence-electron chi connectivity index (χ4n) is 7.17. The second-order valence-corrected chi connectivity index (χ2v) is 13.6. The van der Waals surface area contributed by atoms with E-state index in [9.17, 15) is 19.8 Å². The number of anilines is 2. The first-order chi connectivity index (χ1) is 22.5. The van der Waals surface area contributed by atoms with Crippen LogP contribution in [0.4, 0.5) is 11.6 Å². The molecule has 4 aromatic rings. The molecule has 0 radical (unpaired) electrons. The molecule has 0 aromatic carbocycles. The molecular formula is C33H44Cl2N8O5. The Labute approximate surface area is 288 Å². The van der Waals surface area contributed by atoms with Gasteiger partial charge in [-0.3, -0.25) is 14.7 Å². The van der Waals surface area contributed by atoms with E-state index in [0.717, 1.165) is 96.4 Å². The van der Waals surface area contributed by atoms with Gasteiger partial charge in [0.15, 0.2) is 0 Å². The molecule has 4 aromatic heterocycles. The minimum atomic E-state index is -0.753. The van der Waals surface area contributed by atoms with Gasteiger partial charge in [-0.2, -0.15) is 14.9 Å². The summed E-state index contributed by atoms with van der Waals surface area (Å²) in [4.78, 5) is 30.0. The number of aliphatic carboxylic acids is 1. The monoisotopic (exact) mass is 702 g/mol. The molecule has 4 atom stereocenters. The molecule has 260 valence electrons. The number of aromatic amines is 3. The average molecular weight is 704 g/mol. The lowest BCUT2D eigenvalue weighted by atomic mass is 9.86. The number of rotatable bonds is 2. The number of nitrogens with one attached hydrogen (secondary N) is 3. The van der Waals surface area contributed by atoms with Crippen LogP contribution in [0.25, 0.3) is 0 Å². The third kappa shape index (κ3) is 7.29. The number of aliphatic hydroxyl groups is 2. The molecule has 15 heteroatoms. The molecule has 48 heavy (non-hydrogen) atoms. The maximum atomic E-state index is 13.0. The predicted octanol–water partition coefficient (Wildman–Crippen LogP) is 4.71. The van der Waals surface area contributed by atoms with Crippen molar-refractivity contribution in [2.75, 3.05) is 11.5 Å². The molecule has 4 heterocycles. The topological polar surface area (TPSA) is 225 Å². The number of hydrogen-bond acceptors (Lipinski definition) is 8. The van der Waals surface area contributed by atoms with Gasteiger partial charge in [-0.05, 0) is 87.5 Å². The Hall–Kier alpha value is -3.78. The molecule has 0 saturated carbocycles. The molecule has 8 rings (SSSR count). The smallest absolute Gasteiger partial charge is 0.311 e. The van der Waals surface area contributed by atoms with Gasteiger partial charge in [-0.1, -0.05) is 30.6 Å². The molecule has 0 bridgehead atoms. The highest BCUT2D eigenvalue weighted by atomic mass is 35.5. The van der Waals surface area contributed by atoms with Crippen LogP contribution < -0.4 is 11.5 Å². The van der Waals surface area contributed by atoms with E-state index in [4.69, 9.17) is 39.8 Å². The summed E-state index contributed by atoms with van der Waals surface area (Å²) in [7, 11) is 0. The lowest BCUT2D eigenvalue weighted by Crippen LogP contribution is -2.25. The SMILES string of the molecule is C.Nc1c2c(nn1C(=O)C1CCCc3[nH]c(Cl)cc31)CC[C@H](O)C2.Nc1n[nH]c2c1C[C@@H](O)CC2.O=C(O)C1CCCc2[nH]c(Cl)cc21. The second kappa shape index (κ2) is 14.8. The molecule has 0 saturated heterocycles. The predicted molar refractivity (Wildman–Crippen MR) is 184 cm³/mol. The van der Waals surface area contributed by atoms with E-state index >= 15 is 0 Å². The highest BCUT2D eigenvalue weighted by Crippen LogP contribution is 2.36. The van der Waals surface area contributed by atoms with Gasteiger partial charge in [0.25, 0.3) is 5.91 Å². The molecule has 13 nitrogen and oxygen atoms in total. The summed E-state index contributed by atoms with van der Waals surface area (Å²) in [5.74, 6) is -0.584. The third-order valence-corrected chi connectivity index (χ3v) is 10.0. The molecule has 10 N–H and O–H groups in total. The first-order valence-corrected chi connectivity index (χ1v) is 16.8. The summed E-state index contributed by atoms with van der Waals surface area (Å²) in [6, 6.07) is 3.57. The number of aliphatic hydroxyl groups excluding tert-OH is 2. The van der Waals surface area contributed by atoms with Gasteiger partial charge in [0.1, 0.15) is 21.9 Å². The lowest BCUT2D eigenvalue weighted by molar-refractivity contribution is -0.139. The molecule has 0 amide bonds. The normalized spacial score (nSPS) is 22.2. The summed E-state index contributed by atoms with van der Waals surface area (Å²) in [6.45, 7) is 0. The van der Waals surface area contributed by atoms with E-state index in [-0.39, 0.29) is 31.3 Å². The van der Waals surface area contributed by atoms with E-state index in [1.807, 2.05) is 6.07 Å². The van der Waals surface area contributed by atoms with Crippen LogP contribution >= 0.6 is 23.2 Å². The molecule has 4 aliphatic carbocycles. The maximum absolute atomic E-state index is 13.0. The van der Waals surface area contributed by atoms with Crippen molar-refractivity contribution < 1.29 is 24.9 Å². The van der Waals surface area contributed by atoms with E-state index in [1.165, 1.54) is 4.68 Å². The van der Waals surface area contributed by atoms with Crippen molar-refractivity contribution in [2.24, 2.45) is 0 Å².